The maximum atomic E-state index is 13.7. The summed E-state index contributed by atoms with van der Waals surface area (Å²) in [6.07, 6.45) is 3.47. The number of Topliss-reactive ketones (excluding diaryl/α,β-unsaturated/α-hetero) is 1. The number of hydrogen-bond donors (Lipinski definition) is 4. The Labute approximate surface area is 208 Å². The molecule has 0 unspecified atom stereocenters. The van der Waals surface area contributed by atoms with Crippen LogP contribution in [-0.2, 0) is 14.4 Å². The second kappa shape index (κ2) is 9.93. The molecule has 2 aromatic rings. The number of ether oxygens (including phenoxy) is 1. The van der Waals surface area contributed by atoms with Gasteiger partial charge in [0.1, 0.15) is 24.1 Å². The first-order valence-electron chi connectivity index (χ1n) is 12.6. The first kappa shape index (κ1) is 24.3. The molecular weight excluding hydrogens is 464 g/mol. The molecule has 2 saturated heterocycles. The monoisotopic (exact) mass is 496 g/mol. The summed E-state index contributed by atoms with van der Waals surface area (Å²) in [5.41, 5.74) is 1.14. The molecule has 192 valence electrons. The van der Waals surface area contributed by atoms with Gasteiger partial charge in [-0.3, -0.25) is 19.2 Å². The molecule has 3 heterocycles. The highest BCUT2D eigenvalue weighted by Crippen LogP contribution is 2.43. The average Bonchev–Trinajstić information content (AvgIpc) is 3.66. The molecule has 0 spiro atoms. The summed E-state index contributed by atoms with van der Waals surface area (Å²) in [5, 5.41) is 15.8. The van der Waals surface area contributed by atoms with Gasteiger partial charge >= 0.3 is 0 Å². The molecule has 3 amide bonds. The Bertz CT molecular complexity index is 1190. The Morgan fingerprint density at radius 3 is 2.81 bits per heavy atom. The van der Waals surface area contributed by atoms with E-state index in [0.29, 0.717) is 31.0 Å². The van der Waals surface area contributed by atoms with Crippen molar-refractivity contribution in [2.45, 2.75) is 44.2 Å². The van der Waals surface area contributed by atoms with Gasteiger partial charge in [0.25, 0.3) is 5.91 Å². The van der Waals surface area contributed by atoms with Crippen molar-refractivity contribution in [3.05, 3.63) is 30.0 Å². The fraction of sp³-hybridized carbons (Fsp3) is 0.538. The van der Waals surface area contributed by atoms with Gasteiger partial charge in [-0.25, -0.2) is 0 Å². The Hall–Kier alpha value is -3.40. The summed E-state index contributed by atoms with van der Waals surface area (Å²) in [6, 6.07) is 5.57. The van der Waals surface area contributed by atoms with Crippen molar-refractivity contribution >= 4 is 34.4 Å². The minimum atomic E-state index is -0.980. The normalized spacial score (nSPS) is 26.1. The molecule has 10 nitrogen and oxygen atoms in total. The number of likely N-dealkylation sites (tertiary alicyclic amines) is 1. The number of aromatic nitrogens is 1. The largest absolute Gasteiger partial charge is 0.496 e. The third kappa shape index (κ3) is 4.34. The number of methoxy groups -OCH3 is 1. The van der Waals surface area contributed by atoms with E-state index in [1.165, 1.54) is 0 Å². The van der Waals surface area contributed by atoms with E-state index in [9.17, 15) is 24.3 Å². The standard InChI is InChI=1S/C26H32N4O6/c1-36-22-7-3-6-18-17(22)11-20(28-18)26(35)30-12-15-4-2-5-16(15)23(30)25(34)29-19(21(32)13-31)10-14-8-9-27-24(14)33/h3,6-7,11,14-16,19,23,28,31H,2,4-5,8-10,12-13H2,1H3,(H,27,33)(H,29,34)/t14-,15+,16+,19-,23+/m0/s1. The summed E-state index contributed by atoms with van der Waals surface area (Å²) in [4.78, 5) is 56.6. The lowest BCUT2D eigenvalue weighted by molar-refractivity contribution is -0.133. The molecule has 3 fully saturated rings. The van der Waals surface area contributed by atoms with Gasteiger partial charge in [0.15, 0.2) is 5.78 Å². The molecule has 0 bridgehead atoms. The Kier molecular flexibility index (Phi) is 6.70. The maximum absolute atomic E-state index is 13.7. The van der Waals surface area contributed by atoms with Crippen LogP contribution >= 0.6 is 0 Å². The molecule has 5 atom stereocenters. The Morgan fingerprint density at radius 2 is 2.08 bits per heavy atom. The molecule has 4 N–H and O–H groups in total. The number of benzene rings is 1. The van der Waals surface area contributed by atoms with Gasteiger partial charge in [-0.2, -0.15) is 0 Å². The van der Waals surface area contributed by atoms with Crippen molar-refractivity contribution in [2.75, 3.05) is 26.8 Å². The third-order valence-corrected chi connectivity index (χ3v) is 8.04. The van der Waals surface area contributed by atoms with E-state index in [1.807, 2.05) is 18.2 Å². The maximum Gasteiger partial charge on any atom is 0.271 e. The number of amides is 3. The number of hydrogen-bond acceptors (Lipinski definition) is 6. The zero-order valence-corrected chi connectivity index (χ0v) is 20.3. The van der Waals surface area contributed by atoms with Crippen molar-refractivity contribution in [1.29, 1.82) is 0 Å². The van der Waals surface area contributed by atoms with Crippen LogP contribution in [0.3, 0.4) is 0 Å². The summed E-state index contributed by atoms with van der Waals surface area (Å²) in [5.74, 6) is -0.889. The van der Waals surface area contributed by atoms with Crippen molar-refractivity contribution in [2.24, 2.45) is 17.8 Å². The minimum absolute atomic E-state index is 0.00696. The second-order valence-electron chi connectivity index (χ2n) is 10.1. The van der Waals surface area contributed by atoms with E-state index < -0.39 is 36.3 Å². The topological polar surface area (TPSA) is 141 Å². The van der Waals surface area contributed by atoms with Crippen LogP contribution in [0.25, 0.3) is 10.9 Å². The van der Waals surface area contributed by atoms with E-state index in [1.54, 1.807) is 18.1 Å². The summed E-state index contributed by atoms with van der Waals surface area (Å²) in [7, 11) is 1.57. The van der Waals surface area contributed by atoms with E-state index in [-0.39, 0.29) is 30.1 Å². The van der Waals surface area contributed by atoms with Gasteiger partial charge in [-0.15, -0.1) is 0 Å². The zero-order chi connectivity index (χ0) is 25.4. The Morgan fingerprint density at radius 1 is 1.25 bits per heavy atom. The Balaban J connectivity index is 1.39. The van der Waals surface area contributed by atoms with Crippen LogP contribution < -0.4 is 15.4 Å². The molecule has 1 aromatic heterocycles. The zero-order valence-electron chi connectivity index (χ0n) is 20.3. The first-order chi connectivity index (χ1) is 17.4. The van der Waals surface area contributed by atoms with E-state index in [2.05, 4.69) is 15.6 Å². The molecule has 2 aliphatic heterocycles. The van der Waals surface area contributed by atoms with E-state index in [4.69, 9.17) is 4.74 Å². The number of carbonyl (C=O) groups is 4. The third-order valence-electron chi connectivity index (χ3n) is 8.04. The predicted octanol–water partition coefficient (Wildman–Crippen LogP) is 0.990. The molecular formula is C26H32N4O6. The quantitative estimate of drug-likeness (QED) is 0.430. The average molecular weight is 497 g/mol. The highest BCUT2D eigenvalue weighted by atomic mass is 16.5. The lowest BCUT2D eigenvalue weighted by atomic mass is 9.92. The SMILES string of the molecule is COc1cccc2[nH]c(C(=O)N3C[C@H]4CCC[C@H]4[C@@H]3C(=O)N[C@@H](C[C@@H]3CCNC3=O)C(=O)CO)cc12. The lowest BCUT2D eigenvalue weighted by Gasteiger charge is -2.29. The molecule has 36 heavy (non-hydrogen) atoms. The van der Waals surface area contributed by atoms with Gasteiger partial charge in [0, 0.05) is 29.9 Å². The van der Waals surface area contributed by atoms with Crippen molar-refractivity contribution in [3.63, 3.8) is 0 Å². The minimum Gasteiger partial charge on any atom is -0.496 e. The number of ketones is 1. The number of nitrogens with one attached hydrogen (secondary N) is 3. The second-order valence-corrected chi connectivity index (χ2v) is 10.1. The number of H-pyrrole nitrogens is 1. The van der Waals surface area contributed by atoms with Gasteiger partial charge in [-0.05, 0) is 55.7 Å². The number of rotatable bonds is 8. The number of nitrogens with zero attached hydrogens (tertiary/aromatic N) is 1. The van der Waals surface area contributed by atoms with Crippen LogP contribution in [0.15, 0.2) is 24.3 Å². The van der Waals surface area contributed by atoms with E-state index >= 15 is 0 Å². The molecule has 3 aliphatic rings. The van der Waals surface area contributed by atoms with Gasteiger partial charge in [0.2, 0.25) is 11.8 Å². The smallest absolute Gasteiger partial charge is 0.271 e. The summed E-state index contributed by atoms with van der Waals surface area (Å²) < 4.78 is 5.42. The van der Waals surface area contributed by atoms with Gasteiger partial charge < -0.3 is 30.4 Å². The highest BCUT2D eigenvalue weighted by molar-refractivity contribution is 6.02. The molecule has 0 radical (unpaired) electrons. The molecule has 5 rings (SSSR count). The number of fused-ring (bicyclic) bond motifs is 2. The van der Waals surface area contributed by atoms with Crippen molar-refractivity contribution in [3.8, 4) is 5.75 Å². The molecule has 1 saturated carbocycles. The fourth-order valence-corrected chi connectivity index (χ4v) is 6.22. The van der Waals surface area contributed by atoms with Crippen LogP contribution in [-0.4, -0.2) is 77.4 Å². The van der Waals surface area contributed by atoms with Gasteiger partial charge in [0.05, 0.1) is 13.2 Å². The molecule has 1 aromatic carbocycles. The van der Waals surface area contributed by atoms with Crippen LogP contribution in [0, 0.1) is 17.8 Å². The van der Waals surface area contributed by atoms with Crippen molar-refractivity contribution in [1.82, 2.24) is 20.5 Å². The van der Waals surface area contributed by atoms with Crippen molar-refractivity contribution < 1.29 is 29.0 Å². The number of aliphatic hydroxyl groups excluding tert-OH is 1. The van der Waals surface area contributed by atoms with Crippen LogP contribution in [0.2, 0.25) is 0 Å². The summed E-state index contributed by atoms with van der Waals surface area (Å²) >= 11 is 0. The lowest BCUT2D eigenvalue weighted by Crippen LogP contribution is -2.53. The van der Waals surface area contributed by atoms with Crippen LogP contribution in [0.5, 0.6) is 5.75 Å². The number of aromatic amines is 1. The van der Waals surface area contributed by atoms with Crippen LogP contribution in [0.4, 0.5) is 0 Å². The number of aliphatic hydroxyl groups is 1. The number of carbonyl (C=O) groups excluding carboxylic acids is 4. The van der Waals surface area contributed by atoms with Gasteiger partial charge in [-0.1, -0.05) is 12.5 Å². The van der Waals surface area contributed by atoms with Crippen LogP contribution in [0.1, 0.15) is 42.6 Å². The summed E-state index contributed by atoms with van der Waals surface area (Å²) in [6.45, 7) is 0.273. The first-order valence-corrected chi connectivity index (χ1v) is 12.6. The predicted molar refractivity (Wildman–Crippen MR) is 130 cm³/mol. The fourth-order valence-electron chi connectivity index (χ4n) is 6.22. The van der Waals surface area contributed by atoms with E-state index in [0.717, 1.165) is 30.2 Å². The molecule has 1 aliphatic carbocycles. The highest BCUT2D eigenvalue weighted by Gasteiger charge is 2.50. The molecule has 10 heteroatoms.